The Morgan fingerprint density at radius 1 is 1.53 bits per heavy atom. The van der Waals surface area contributed by atoms with Crippen molar-refractivity contribution in [1.29, 1.82) is 0 Å². The predicted octanol–water partition coefficient (Wildman–Crippen LogP) is -1.58. The Hall–Kier alpha value is -2.12. The number of oxime groups is 1. The van der Waals surface area contributed by atoms with Crippen LogP contribution in [-0.2, 0) is 19.2 Å². The molecule has 0 saturated heterocycles. The van der Waals surface area contributed by atoms with Crippen LogP contribution in [-0.4, -0.2) is 60.2 Å². The Bertz CT molecular complexity index is 377. The smallest absolute Gasteiger partial charge is 0.353 e. The molecule has 0 fully saturated rings. The van der Waals surface area contributed by atoms with E-state index in [4.69, 9.17) is 5.11 Å². The first-order valence-corrected chi connectivity index (χ1v) is 4.85. The molecule has 8 heteroatoms. The lowest BCUT2D eigenvalue weighted by atomic mass is 10.2. The van der Waals surface area contributed by atoms with Crippen molar-refractivity contribution in [3.8, 4) is 0 Å². The Kier molecular flexibility index (Phi) is 4.02. The van der Waals surface area contributed by atoms with Gasteiger partial charge < -0.3 is 20.2 Å². The van der Waals surface area contributed by atoms with Crippen molar-refractivity contribution >= 4 is 23.5 Å². The summed E-state index contributed by atoms with van der Waals surface area (Å²) in [6.07, 6.45) is -1.08. The Morgan fingerprint density at radius 2 is 2.18 bits per heavy atom. The SMILES string of the molecule is CN(C)C(=O)CNC(=O)C1CC(C(=O)O)=NO1. The van der Waals surface area contributed by atoms with Crippen LogP contribution in [0.4, 0.5) is 0 Å². The fourth-order valence-electron chi connectivity index (χ4n) is 1.08. The Balaban J connectivity index is 2.37. The van der Waals surface area contributed by atoms with Crippen molar-refractivity contribution < 1.29 is 24.3 Å². The summed E-state index contributed by atoms with van der Waals surface area (Å²) in [5.74, 6) is -2.04. The summed E-state index contributed by atoms with van der Waals surface area (Å²) in [7, 11) is 3.12. The molecular weight excluding hydrogens is 230 g/mol. The van der Waals surface area contributed by atoms with Crippen LogP contribution in [0.25, 0.3) is 0 Å². The second kappa shape index (κ2) is 5.28. The standard InChI is InChI=1S/C9H13N3O5/c1-12(2)7(13)4-10-8(14)6-3-5(9(15)16)11-17-6/h6H,3-4H2,1-2H3,(H,10,14)(H,15,16). The van der Waals surface area contributed by atoms with Crippen LogP contribution in [0, 0.1) is 0 Å². The molecule has 0 spiro atoms. The van der Waals surface area contributed by atoms with Crippen LogP contribution in [0.2, 0.25) is 0 Å². The minimum atomic E-state index is -1.22. The zero-order chi connectivity index (χ0) is 13.0. The van der Waals surface area contributed by atoms with Gasteiger partial charge in [-0.1, -0.05) is 5.16 Å². The summed E-state index contributed by atoms with van der Waals surface area (Å²) in [6, 6.07) is 0. The summed E-state index contributed by atoms with van der Waals surface area (Å²) < 4.78 is 0. The number of nitrogens with one attached hydrogen (secondary N) is 1. The third kappa shape index (κ3) is 3.44. The summed E-state index contributed by atoms with van der Waals surface area (Å²) in [6.45, 7) is -0.159. The van der Waals surface area contributed by atoms with E-state index >= 15 is 0 Å². The van der Waals surface area contributed by atoms with Gasteiger partial charge in [0, 0.05) is 20.5 Å². The minimum absolute atomic E-state index is 0.0999. The second-order valence-corrected chi connectivity index (χ2v) is 3.65. The molecule has 1 aliphatic rings. The van der Waals surface area contributed by atoms with E-state index < -0.39 is 18.0 Å². The normalized spacial score (nSPS) is 18.0. The van der Waals surface area contributed by atoms with Gasteiger partial charge in [0.25, 0.3) is 5.91 Å². The van der Waals surface area contributed by atoms with Crippen molar-refractivity contribution in [3.05, 3.63) is 0 Å². The van der Waals surface area contributed by atoms with E-state index in [-0.39, 0.29) is 24.6 Å². The molecule has 2 N–H and O–H groups in total. The second-order valence-electron chi connectivity index (χ2n) is 3.65. The molecule has 1 atom stereocenters. The van der Waals surface area contributed by atoms with Gasteiger partial charge in [-0.2, -0.15) is 0 Å². The highest BCUT2D eigenvalue weighted by Crippen LogP contribution is 2.10. The molecule has 1 aliphatic heterocycles. The Morgan fingerprint density at radius 3 is 2.65 bits per heavy atom. The molecule has 2 amide bonds. The van der Waals surface area contributed by atoms with E-state index in [1.54, 1.807) is 14.1 Å². The molecule has 0 aromatic rings. The first-order chi connectivity index (χ1) is 7.91. The van der Waals surface area contributed by atoms with E-state index in [1.165, 1.54) is 4.90 Å². The fourth-order valence-corrected chi connectivity index (χ4v) is 1.08. The number of carbonyl (C=O) groups is 3. The van der Waals surface area contributed by atoms with Crippen molar-refractivity contribution in [2.45, 2.75) is 12.5 Å². The monoisotopic (exact) mass is 243 g/mol. The molecule has 94 valence electrons. The van der Waals surface area contributed by atoms with Gasteiger partial charge in [0.1, 0.15) is 0 Å². The zero-order valence-electron chi connectivity index (χ0n) is 9.47. The molecule has 8 nitrogen and oxygen atoms in total. The maximum atomic E-state index is 11.5. The molecule has 0 saturated carbocycles. The molecule has 0 radical (unpaired) electrons. The number of carboxylic acid groups (broad SMARTS) is 1. The van der Waals surface area contributed by atoms with Crippen molar-refractivity contribution in [2.24, 2.45) is 5.16 Å². The molecule has 0 aliphatic carbocycles. The number of carboxylic acids is 1. The van der Waals surface area contributed by atoms with E-state index in [9.17, 15) is 14.4 Å². The molecular formula is C9H13N3O5. The first kappa shape index (κ1) is 12.9. The predicted molar refractivity (Wildman–Crippen MR) is 56.3 cm³/mol. The minimum Gasteiger partial charge on any atom is -0.477 e. The summed E-state index contributed by atoms with van der Waals surface area (Å²) >= 11 is 0. The lowest BCUT2D eigenvalue weighted by molar-refractivity contribution is -0.135. The molecule has 1 rings (SSSR count). The van der Waals surface area contributed by atoms with E-state index in [2.05, 4.69) is 15.3 Å². The number of aliphatic carboxylic acids is 1. The number of nitrogens with zero attached hydrogens (tertiary/aromatic N) is 2. The number of hydrogen-bond acceptors (Lipinski definition) is 5. The van der Waals surface area contributed by atoms with E-state index in [1.807, 2.05) is 0 Å². The van der Waals surface area contributed by atoms with Gasteiger partial charge in [0.15, 0.2) is 5.71 Å². The average Bonchev–Trinajstić information content (AvgIpc) is 2.74. The first-order valence-electron chi connectivity index (χ1n) is 4.85. The number of rotatable bonds is 4. The third-order valence-corrected chi connectivity index (χ3v) is 2.12. The Labute approximate surface area is 97.2 Å². The summed E-state index contributed by atoms with van der Waals surface area (Å²) in [5.41, 5.74) is -0.205. The van der Waals surface area contributed by atoms with E-state index in [0.717, 1.165) is 0 Å². The van der Waals surface area contributed by atoms with Crippen LogP contribution in [0.15, 0.2) is 5.16 Å². The topological polar surface area (TPSA) is 108 Å². The molecule has 0 aromatic heterocycles. The zero-order valence-corrected chi connectivity index (χ0v) is 9.47. The molecule has 1 heterocycles. The maximum Gasteiger partial charge on any atom is 0.353 e. The largest absolute Gasteiger partial charge is 0.477 e. The third-order valence-electron chi connectivity index (χ3n) is 2.12. The van der Waals surface area contributed by atoms with Gasteiger partial charge >= 0.3 is 5.97 Å². The van der Waals surface area contributed by atoms with Crippen molar-refractivity contribution in [2.75, 3.05) is 20.6 Å². The van der Waals surface area contributed by atoms with Crippen molar-refractivity contribution in [3.63, 3.8) is 0 Å². The van der Waals surface area contributed by atoms with Gasteiger partial charge in [0.05, 0.1) is 6.54 Å². The number of carbonyl (C=O) groups excluding carboxylic acids is 2. The van der Waals surface area contributed by atoms with Gasteiger partial charge in [-0.3, -0.25) is 9.59 Å². The van der Waals surface area contributed by atoms with Crippen LogP contribution in [0.3, 0.4) is 0 Å². The van der Waals surface area contributed by atoms with Crippen LogP contribution < -0.4 is 5.32 Å². The average molecular weight is 243 g/mol. The quantitative estimate of drug-likeness (QED) is 0.619. The molecule has 0 bridgehead atoms. The highest BCUT2D eigenvalue weighted by atomic mass is 16.6. The fraction of sp³-hybridized carbons (Fsp3) is 0.556. The highest BCUT2D eigenvalue weighted by molar-refractivity contribution is 6.36. The van der Waals surface area contributed by atoms with E-state index in [0.29, 0.717) is 0 Å². The number of likely N-dealkylation sites (N-methyl/N-ethyl adjacent to an activating group) is 1. The highest BCUT2D eigenvalue weighted by Gasteiger charge is 2.31. The van der Waals surface area contributed by atoms with Gasteiger partial charge in [-0.25, -0.2) is 4.79 Å². The maximum absolute atomic E-state index is 11.5. The number of hydrogen-bond donors (Lipinski definition) is 2. The van der Waals surface area contributed by atoms with Gasteiger partial charge in [-0.15, -0.1) is 0 Å². The lowest BCUT2D eigenvalue weighted by Gasteiger charge is -2.12. The lowest BCUT2D eigenvalue weighted by Crippen LogP contribution is -2.41. The van der Waals surface area contributed by atoms with Gasteiger partial charge in [-0.05, 0) is 0 Å². The number of amides is 2. The van der Waals surface area contributed by atoms with Crippen molar-refractivity contribution in [1.82, 2.24) is 10.2 Å². The van der Waals surface area contributed by atoms with Crippen LogP contribution in [0.1, 0.15) is 6.42 Å². The molecule has 17 heavy (non-hydrogen) atoms. The summed E-state index contributed by atoms with van der Waals surface area (Å²) in [4.78, 5) is 39.2. The molecule has 1 unspecified atom stereocenters. The summed E-state index contributed by atoms with van der Waals surface area (Å²) in [5, 5.41) is 14.2. The van der Waals surface area contributed by atoms with Crippen LogP contribution >= 0.6 is 0 Å². The molecule has 0 aromatic carbocycles. The van der Waals surface area contributed by atoms with Gasteiger partial charge in [0.2, 0.25) is 12.0 Å². The van der Waals surface area contributed by atoms with Crippen LogP contribution in [0.5, 0.6) is 0 Å².